The zero-order valence-corrected chi connectivity index (χ0v) is 16.2. The van der Waals surface area contributed by atoms with Crippen LogP contribution in [0.15, 0.2) is 59.4 Å². The Hall–Kier alpha value is -3.85. The standard InChI is InChI=1S/C23H20N2O4/c1-15-8-10-17(11-9-15)13-25-22(27)19(12-24)16(2)21(23(25)28)20(26)14-29-18-6-4-3-5-7-18/h3-11,28H,13-14H2,1-2H3. The van der Waals surface area contributed by atoms with E-state index in [1.807, 2.05) is 43.3 Å². The highest BCUT2D eigenvalue weighted by atomic mass is 16.5. The van der Waals surface area contributed by atoms with Crippen LogP contribution in [0.3, 0.4) is 0 Å². The zero-order valence-electron chi connectivity index (χ0n) is 16.2. The van der Waals surface area contributed by atoms with Gasteiger partial charge in [-0.25, -0.2) is 0 Å². The van der Waals surface area contributed by atoms with E-state index < -0.39 is 17.2 Å². The summed E-state index contributed by atoms with van der Waals surface area (Å²) in [6, 6.07) is 18.1. The molecule has 6 heteroatoms. The van der Waals surface area contributed by atoms with Crippen LogP contribution in [0.4, 0.5) is 0 Å². The van der Waals surface area contributed by atoms with Crippen LogP contribution in [0, 0.1) is 25.2 Å². The van der Waals surface area contributed by atoms with Crippen LogP contribution >= 0.6 is 0 Å². The summed E-state index contributed by atoms with van der Waals surface area (Å²) in [5.41, 5.74) is 1.09. The largest absolute Gasteiger partial charge is 0.494 e. The van der Waals surface area contributed by atoms with E-state index in [9.17, 15) is 20.0 Å². The van der Waals surface area contributed by atoms with Gasteiger partial charge in [0.25, 0.3) is 5.56 Å². The third-order valence-corrected chi connectivity index (χ3v) is 4.65. The molecule has 0 atom stereocenters. The topological polar surface area (TPSA) is 92.3 Å². The number of aryl methyl sites for hydroxylation is 1. The Labute approximate surface area is 168 Å². The Kier molecular flexibility index (Phi) is 5.79. The van der Waals surface area contributed by atoms with Crippen molar-refractivity contribution in [2.75, 3.05) is 6.61 Å². The normalized spacial score (nSPS) is 10.4. The number of carbonyl (C=O) groups is 1. The number of ether oxygens (including phenoxy) is 1. The van der Waals surface area contributed by atoms with Crippen molar-refractivity contribution < 1.29 is 14.6 Å². The van der Waals surface area contributed by atoms with E-state index in [4.69, 9.17) is 4.74 Å². The van der Waals surface area contributed by atoms with Gasteiger partial charge in [-0.2, -0.15) is 5.26 Å². The Bertz CT molecular complexity index is 1140. The van der Waals surface area contributed by atoms with Gasteiger partial charge in [-0.1, -0.05) is 48.0 Å². The number of Topliss-reactive ketones (excluding diaryl/α,β-unsaturated/α-hetero) is 1. The highest BCUT2D eigenvalue weighted by molar-refractivity contribution is 6.01. The molecule has 1 N–H and O–H groups in total. The molecule has 29 heavy (non-hydrogen) atoms. The molecule has 3 rings (SSSR count). The number of ketones is 1. The summed E-state index contributed by atoms with van der Waals surface area (Å²) in [5, 5.41) is 20.2. The fraction of sp³-hybridized carbons (Fsp3) is 0.174. The van der Waals surface area contributed by atoms with Crippen LogP contribution in [0.5, 0.6) is 11.6 Å². The summed E-state index contributed by atoms with van der Waals surface area (Å²) in [5.74, 6) is -0.474. The lowest BCUT2D eigenvalue weighted by molar-refractivity contribution is 0.0916. The summed E-state index contributed by atoms with van der Waals surface area (Å²) in [6.45, 7) is 3.13. The summed E-state index contributed by atoms with van der Waals surface area (Å²) in [6.07, 6.45) is 0. The third kappa shape index (κ3) is 4.19. The second-order valence-corrected chi connectivity index (χ2v) is 6.71. The molecule has 0 spiro atoms. The van der Waals surface area contributed by atoms with E-state index in [-0.39, 0.29) is 29.8 Å². The van der Waals surface area contributed by atoms with Gasteiger partial charge in [-0.05, 0) is 37.1 Å². The average Bonchev–Trinajstić information content (AvgIpc) is 2.72. The maximum absolute atomic E-state index is 12.8. The number of rotatable bonds is 6. The molecule has 1 heterocycles. The molecule has 1 aromatic heterocycles. The predicted molar refractivity (Wildman–Crippen MR) is 108 cm³/mol. The van der Waals surface area contributed by atoms with Gasteiger partial charge in [-0.3, -0.25) is 14.2 Å². The maximum atomic E-state index is 12.8. The van der Waals surface area contributed by atoms with Crippen molar-refractivity contribution >= 4 is 5.78 Å². The minimum atomic E-state index is -0.636. The number of para-hydroxylation sites is 1. The summed E-state index contributed by atoms with van der Waals surface area (Å²) >= 11 is 0. The molecule has 0 bridgehead atoms. The lowest BCUT2D eigenvalue weighted by Gasteiger charge is -2.16. The molecule has 0 fully saturated rings. The Morgan fingerprint density at radius 2 is 1.76 bits per heavy atom. The molecule has 146 valence electrons. The SMILES string of the molecule is Cc1ccc(Cn2c(O)c(C(=O)COc3ccccc3)c(C)c(C#N)c2=O)cc1. The molecular weight excluding hydrogens is 368 g/mol. The summed E-state index contributed by atoms with van der Waals surface area (Å²) in [7, 11) is 0. The van der Waals surface area contributed by atoms with Crippen molar-refractivity contribution in [3.63, 3.8) is 0 Å². The fourth-order valence-corrected chi connectivity index (χ4v) is 3.05. The second-order valence-electron chi connectivity index (χ2n) is 6.71. The second kappa shape index (κ2) is 8.44. The number of nitriles is 1. The highest BCUT2D eigenvalue weighted by Crippen LogP contribution is 2.24. The lowest BCUT2D eigenvalue weighted by atomic mass is 10.0. The molecular formula is C23H20N2O4. The van der Waals surface area contributed by atoms with Crippen molar-refractivity contribution in [1.29, 1.82) is 5.26 Å². The lowest BCUT2D eigenvalue weighted by Crippen LogP contribution is -2.28. The van der Waals surface area contributed by atoms with Crippen LogP contribution in [0.2, 0.25) is 0 Å². The Morgan fingerprint density at radius 1 is 1.10 bits per heavy atom. The van der Waals surface area contributed by atoms with Crippen molar-refractivity contribution in [1.82, 2.24) is 4.57 Å². The number of carbonyl (C=O) groups excluding carboxylic acids is 1. The van der Waals surface area contributed by atoms with Crippen molar-refractivity contribution in [2.45, 2.75) is 20.4 Å². The van der Waals surface area contributed by atoms with Crippen LogP contribution in [0.25, 0.3) is 0 Å². The van der Waals surface area contributed by atoms with E-state index in [0.29, 0.717) is 5.75 Å². The minimum absolute atomic E-state index is 0.0414. The molecule has 6 nitrogen and oxygen atoms in total. The van der Waals surface area contributed by atoms with Gasteiger partial charge in [0.15, 0.2) is 6.61 Å². The molecule has 2 aromatic carbocycles. The average molecular weight is 388 g/mol. The zero-order chi connectivity index (χ0) is 21.0. The van der Waals surface area contributed by atoms with Crippen LogP contribution in [-0.4, -0.2) is 22.1 Å². The quantitative estimate of drug-likeness (QED) is 0.654. The molecule has 0 aliphatic carbocycles. The van der Waals surface area contributed by atoms with Crippen LogP contribution < -0.4 is 10.3 Å². The van der Waals surface area contributed by atoms with Gasteiger partial charge in [0.05, 0.1) is 12.1 Å². The molecule has 0 saturated carbocycles. The van der Waals surface area contributed by atoms with Gasteiger partial charge >= 0.3 is 0 Å². The molecule has 3 aromatic rings. The number of hydrogen-bond acceptors (Lipinski definition) is 5. The van der Waals surface area contributed by atoms with Crippen molar-refractivity contribution in [2.24, 2.45) is 0 Å². The smallest absolute Gasteiger partial charge is 0.271 e. The number of aromatic hydroxyl groups is 1. The minimum Gasteiger partial charge on any atom is -0.494 e. The predicted octanol–water partition coefficient (Wildman–Crippen LogP) is 3.35. The summed E-state index contributed by atoms with van der Waals surface area (Å²) < 4.78 is 6.52. The first-order valence-corrected chi connectivity index (χ1v) is 9.05. The maximum Gasteiger partial charge on any atom is 0.271 e. The first kappa shape index (κ1) is 19.9. The third-order valence-electron chi connectivity index (χ3n) is 4.65. The fourth-order valence-electron chi connectivity index (χ4n) is 3.05. The van der Waals surface area contributed by atoms with Crippen molar-refractivity contribution in [3.8, 4) is 17.7 Å². The Balaban J connectivity index is 2.00. The van der Waals surface area contributed by atoms with E-state index in [1.165, 1.54) is 6.92 Å². The van der Waals surface area contributed by atoms with E-state index in [2.05, 4.69) is 0 Å². The van der Waals surface area contributed by atoms with E-state index >= 15 is 0 Å². The molecule has 0 aliphatic heterocycles. The number of hydrogen-bond donors (Lipinski definition) is 1. The first-order chi connectivity index (χ1) is 13.9. The van der Waals surface area contributed by atoms with Gasteiger partial charge < -0.3 is 9.84 Å². The molecule has 0 saturated heterocycles. The van der Waals surface area contributed by atoms with Gasteiger partial charge in [0.1, 0.15) is 17.4 Å². The Morgan fingerprint density at radius 3 is 2.38 bits per heavy atom. The van der Waals surface area contributed by atoms with Gasteiger partial charge in [-0.15, -0.1) is 0 Å². The molecule has 0 unspecified atom stereocenters. The van der Waals surface area contributed by atoms with Crippen LogP contribution in [-0.2, 0) is 6.54 Å². The van der Waals surface area contributed by atoms with E-state index in [0.717, 1.165) is 15.7 Å². The number of nitrogens with zero attached hydrogens (tertiary/aromatic N) is 2. The first-order valence-electron chi connectivity index (χ1n) is 9.05. The number of aromatic nitrogens is 1. The monoisotopic (exact) mass is 388 g/mol. The molecule has 0 radical (unpaired) electrons. The number of benzene rings is 2. The summed E-state index contributed by atoms with van der Waals surface area (Å²) in [4.78, 5) is 25.5. The van der Waals surface area contributed by atoms with E-state index in [1.54, 1.807) is 24.3 Å². The highest BCUT2D eigenvalue weighted by Gasteiger charge is 2.24. The van der Waals surface area contributed by atoms with Crippen molar-refractivity contribution in [3.05, 3.63) is 92.8 Å². The molecule has 0 aliphatic rings. The molecule has 0 amide bonds. The number of pyridine rings is 1. The van der Waals surface area contributed by atoms with Crippen LogP contribution in [0.1, 0.15) is 32.6 Å². The van der Waals surface area contributed by atoms with Gasteiger partial charge in [0, 0.05) is 0 Å². The van der Waals surface area contributed by atoms with Gasteiger partial charge in [0.2, 0.25) is 11.7 Å².